The van der Waals surface area contributed by atoms with Crippen molar-refractivity contribution in [2.75, 3.05) is 13.7 Å². The molecule has 2 aliphatic rings. The van der Waals surface area contributed by atoms with Gasteiger partial charge in [-0.05, 0) is 18.1 Å². The molecule has 0 aliphatic carbocycles. The highest BCUT2D eigenvalue weighted by molar-refractivity contribution is 6.08. The summed E-state index contributed by atoms with van der Waals surface area (Å²) in [5.74, 6) is 0.636. The van der Waals surface area contributed by atoms with Gasteiger partial charge in [0.2, 0.25) is 5.91 Å². The Hall–Kier alpha value is -1.84. The third kappa shape index (κ3) is 1.37. The molecule has 1 amide bonds. The number of fused-ring (bicyclic) bond motifs is 3. The molecule has 0 spiro atoms. The van der Waals surface area contributed by atoms with Crippen LogP contribution < -0.4 is 4.74 Å². The molecule has 0 aromatic heterocycles. The van der Waals surface area contributed by atoms with Gasteiger partial charge >= 0.3 is 0 Å². The second kappa shape index (κ2) is 3.58. The van der Waals surface area contributed by atoms with E-state index in [0.717, 1.165) is 17.5 Å². The molecule has 1 unspecified atom stereocenters. The van der Waals surface area contributed by atoms with Crippen LogP contribution >= 0.6 is 0 Å². The average molecular weight is 231 g/mol. The van der Waals surface area contributed by atoms with Crippen LogP contribution in [0.2, 0.25) is 0 Å². The zero-order valence-electron chi connectivity index (χ0n) is 9.60. The standard InChI is InChI=1S/C13H13NO3/c1-17-10-4-2-3-8-5-6-14-11(16)7-9(15)13(14)12(8)10/h2-4,13H,5-7H2,1H3. The molecule has 0 saturated carbocycles. The molecule has 1 saturated heterocycles. The highest BCUT2D eigenvalue weighted by Crippen LogP contribution is 2.40. The van der Waals surface area contributed by atoms with Crippen molar-refractivity contribution in [1.29, 1.82) is 0 Å². The van der Waals surface area contributed by atoms with Gasteiger partial charge in [-0.25, -0.2) is 0 Å². The molecular formula is C13H13NO3. The lowest BCUT2D eigenvalue weighted by atomic mass is 9.91. The second-order valence-electron chi connectivity index (χ2n) is 4.42. The van der Waals surface area contributed by atoms with Crippen LogP contribution in [-0.2, 0) is 16.0 Å². The topological polar surface area (TPSA) is 46.6 Å². The maximum Gasteiger partial charge on any atom is 0.231 e. The number of carbonyl (C=O) groups excluding carboxylic acids is 2. The maximum atomic E-state index is 11.9. The first-order chi connectivity index (χ1) is 8.22. The number of nitrogens with zero attached hydrogens (tertiary/aromatic N) is 1. The third-order valence-corrected chi connectivity index (χ3v) is 3.53. The molecule has 4 nitrogen and oxygen atoms in total. The number of rotatable bonds is 1. The van der Waals surface area contributed by atoms with E-state index in [4.69, 9.17) is 4.74 Å². The number of ketones is 1. The van der Waals surface area contributed by atoms with Crippen molar-refractivity contribution in [3.8, 4) is 5.75 Å². The summed E-state index contributed by atoms with van der Waals surface area (Å²) in [7, 11) is 1.59. The molecule has 1 fully saturated rings. The van der Waals surface area contributed by atoms with E-state index in [1.165, 1.54) is 0 Å². The molecule has 3 rings (SSSR count). The normalized spacial score (nSPS) is 22.4. The van der Waals surface area contributed by atoms with Gasteiger partial charge in [-0.2, -0.15) is 0 Å². The summed E-state index contributed by atoms with van der Waals surface area (Å²) in [4.78, 5) is 25.3. The van der Waals surface area contributed by atoms with E-state index in [-0.39, 0.29) is 18.1 Å². The Bertz CT molecular complexity index is 495. The Kier molecular flexibility index (Phi) is 2.18. The van der Waals surface area contributed by atoms with Crippen molar-refractivity contribution in [2.45, 2.75) is 18.9 Å². The number of amides is 1. The van der Waals surface area contributed by atoms with E-state index in [1.54, 1.807) is 12.0 Å². The van der Waals surface area contributed by atoms with Gasteiger partial charge in [0.1, 0.15) is 11.8 Å². The monoisotopic (exact) mass is 231 g/mol. The highest BCUT2D eigenvalue weighted by atomic mass is 16.5. The first-order valence-electron chi connectivity index (χ1n) is 5.70. The Morgan fingerprint density at radius 1 is 1.35 bits per heavy atom. The summed E-state index contributed by atoms with van der Waals surface area (Å²) < 4.78 is 5.31. The van der Waals surface area contributed by atoms with Gasteiger partial charge in [-0.1, -0.05) is 12.1 Å². The lowest BCUT2D eigenvalue weighted by molar-refractivity contribution is -0.129. The van der Waals surface area contributed by atoms with Crippen LogP contribution in [0.3, 0.4) is 0 Å². The highest BCUT2D eigenvalue weighted by Gasteiger charge is 2.43. The van der Waals surface area contributed by atoms with Crippen LogP contribution in [0.4, 0.5) is 0 Å². The van der Waals surface area contributed by atoms with Crippen LogP contribution in [0.15, 0.2) is 18.2 Å². The molecule has 1 atom stereocenters. The molecule has 2 aliphatic heterocycles. The average Bonchev–Trinajstić information content (AvgIpc) is 2.64. The molecule has 1 aromatic carbocycles. The second-order valence-corrected chi connectivity index (χ2v) is 4.42. The van der Waals surface area contributed by atoms with Crippen molar-refractivity contribution in [2.24, 2.45) is 0 Å². The fraction of sp³-hybridized carbons (Fsp3) is 0.385. The maximum absolute atomic E-state index is 11.9. The van der Waals surface area contributed by atoms with Crippen molar-refractivity contribution in [1.82, 2.24) is 4.90 Å². The first kappa shape index (κ1) is 10.3. The molecule has 2 heterocycles. The Balaban J connectivity index is 2.17. The SMILES string of the molecule is COc1cccc2c1C1C(=O)CC(=O)N1CC2. The van der Waals surface area contributed by atoms with E-state index in [0.29, 0.717) is 12.3 Å². The minimum atomic E-state index is -0.414. The molecule has 0 bridgehead atoms. The van der Waals surface area contributed by atoms with Gasteiger partial charge in [0, 0.05) is 12.1 Å². The fourth-order valence-corrected chi connectivity index (χ4v) is 2.77. The number of ether oxygens (including phenoxy) is 1. The molecule has 0 radical (unpaired) electrons. The molecule has 17 heavy (non-hydrogen) atoms. The fourth-order valence-electron chi connectivity index (χ4n) is 2.77. The number of carbonyl (C=O) groups is 2. The van der Waals surface area contributed by atoms with E-state index in [9.17, 15) is 9.59 Å². The predicted octanol–water partition coefficient (Wildman–Crippen LogP) is 1.09. The number of benzene rings is 1. The van der Waals surface area contributed by atoms with Crippen molar-refractivity contribution in [3.63, 3.8) is 0 Å². The van der Waals surface area contributed by atoms with Crippen LogP contribution in [0.1, 0.15) is 23.6 Å². The Labute approximate surface area is 99.2 Å². The summed E-state index contributed by atoms with van der Waals surface area (Å²) in [6.07, 6.45) is 0.824. The largest absolute Gasteiger partial charge is 0.496 e. The quantitative estimate of drug-likeness (QED) is 0.680. The number of methoxy groups -OCH3 is 1. The Morgan fingerprint density at radius 2 is 2.18 bits per heavy atom. The zero-order valence-corrected chi connectivity index (χ0v) is 9.60. The van der Waals surface area contributed by atoms with Crippen LogP contribution in [0, 0.1) is 0 Å². The van der Waals surface area contributed by atoms with Crippen molar-refractivity contribution in [3.05, 3.63) is 29.3 Å². The summed E-state index contributed by atoms with van der Waals surface area (Å²) in [5, 5.41) is 0. The lowest BCUT2D eigenvalue weighted by Crippen LogP contribution is -2.35. The van der Waals surface area contributed by atoms with Crippen molar-refractivity contribution < 1.29 is 14.3 Å². The van der Waals surface area contributed by atoms with Crippen LogP contribution in [0.25, 0.3) is 0 Å². The van der Waals surface area contributed by atoms with Gasteiger partial charge in [-0.15, -0.1) is 0 Å². The minimum Gasteiger partial charge on any atom is -0.496 e. The minimum absolute atomic E-state index is 0.0135. The van der Waals surface area contributed by atoms with E-state index >= 15 is 0 Å². The van der Waals surface area contributed by atoms with E-state index < -0.39 is 6.04 Å². The molecule has 4 heteroatoms. The molecular weight excluding hydrogens is 218 g/mol. The zero-order chi connectivity index (χ0) is 12.0. The summed E-state index contributed by atoms with van der Waals surface area (Å²) in [6, 6.07) is 5.36. The number of hydrogen-bond acceptors (Lipinski definition) is 3. The van der Waals surface area contributed by atoms with Gasteiger partial charge in [0.05, 0.1) is 13.5 Å². The van der Waals surface area contributed by atoms with Gasteiger partial charge in [0.25, 0.3) is 0 Å². The van der Waals surface area contributed by atoms with Gasteiger partial charge in [-0.3, -0.25) is 9.59 Å². The third-order valence-electron chi connectivity index (χ3n) is 3.53. The first-order valence-corrected chi connectivity index (χ1v) is 5.70. The van der Waals surface area contributed by atoms with Crippen molar-refractivity contribution >= 4 is 11.7 Å². The van der Waals surface area contributed by atoms with Gasteiger partial charge < -0.3 is 9.64 Å². The molecule has 88 valence electrons. The smallest absolute Gasteiger partial charge is 0.231 e. The number of hydrogen-bond donors (Lipinski definition) is 0. The van der Waals surface area contributed by atoms with Crippen LogP contribution in [-0.4, -0.2) is 30.2 Å². The molecule has 1 aromatic rings. The summed E-state index contributed by atoms with van der Waals surface area (Å²) in [5.41, 5.74) is 2.01. The number of Topliss-reactive ketones (excluding diaryl/α,β-unsaturated/α-hetero) is 1. The molecule has 0 N–H and O–H groups in total. The predicted molar refractivity (Wildman–Crippen MR) is 60.8 cm³/mol. The summed E-state index contributed by atoms with van der Waals surface area (Å²) in [6.45, 7) is 0.634. The lowest BCUT2D eigenvalue weighted by Gasteiger charge is -2.31. The van der Waals surface area contributed by atoms with Crippen LogP contribution in [0.5, 0.6) is 5.75 Å². The Morgan fingerprint density at radius 3 is 2.94 bits per heavy atom. The van der Waals surface area contributed by atoms with E-state index in [2.05, 4.69) is 0 Å². The van der Waals surface area contributed by atoms with Gasteiger partial charge in [0.15, 0.2) is 5.78 Å². The van der Waals surface area contributed by atoms with E-state index in [1.807, 2.05) is 18.2 Å². The summed E-state index contributed by atoms with van der Waals surface area (Å²) >= 11 is 0.